The number of nitrogens with one attached hydrogen (secondary N) is 1. The monoisotopic (exact) mass is 452 g/mol. The van der Waals surface area contributed by atoms with Crippen molar-refractivity contribution in [2.45, 2.75) is 25.8 Å². The van der Waals surface area contributed by atoms with Crippen LogP contribution in [0.5, 0.6) is 0 Å². The molecular formula is C25H29FN4O3. The van der Waals surface area contributed by atoms with Gasteiger partial charge in [0.25, 0.3) is 5.91 Å². The van der Waals surface area contributed by atoms with Crippen molar-refractivity contribution in [2.75, 3.05) is 44.2 Å². The molecule has 0 radical (unpaired) electrons. The molecule has 0 bridgehead atoms. The van der Waals surface area contributed by atoms with Crippen LogP contribution in [0.1, 0.15) is 35.2 Å². The number of carbonyl (C=O) groups is 3. The summed E-state index contributed by atoms with van der Waals surface area (Å²) in [6.07, 6.45) is 2.20. The molecule has 1 N–H and O–H groups in total. The van der Waals surface area contributed by atoms with E-state index in [1.807, 2.05) is 6.07 Å². The average Bonchev–Trinajstić information content (AvgIpc) is 3.12. The summed E-state index contributed by atoms with van der Waals surface area (Å²) >= 11 is 0. The predicted molar refractivity (Wildman–Crippen MR) is 123 cm³/mol. The summed E-state index contributed by atoms with van der Waals surface area (Å²) in [6.45, 7) is 3.75. The summed E-state index contributed by atoms with van der Waals surface area (Å²) in [5.41, 5.74) is 1.89. The fourth-order valence-corrected chi connectivity index (χ4v) is 4.33. The Kier molecular flexibility index (Phi) is 7.34. The lowest BCUT2D eigenvalue weighted by atomic mass is 10.2. The third-order valence-corrected chi connectivity index (χ3v) is 6.21. The fraction of sp³-hybridized carbons (Fsp3) is 0.400. The summed E-state index contributed by atoms with van der Waals surface area (Å²) in [6, 6.07) is 13.6. The van der Waals surface area contributed by atoms with Gasteiger partial charge in [-0.05, 0) is 43.2 Å². The van der Waals surface area contributed by atoms with Crippen LogP contribution in [0.4, 0.5) is 10.1 Å². The van der Waals surface area contributed by atoms with E-state index >= 15 is 0 Å². The molecule has 2 aromatic rings. The second kappa shape index (κ2) is 10.6. The normalized spacial score (nSPS) is 17.2. The third-order valence-electron chi connectivity index (χ3n) is 6.21. The van der Waals surface area contributed by atoms with Gasteiger partial charge in [0.1, 0.15) is 5.82 Å². The molecule has 0 aromatic heterocycles. The number of hydrogen-bond donors (Lipinski definition) is 1. The van der Waals surface area contributed by atoms with E-state index < -0.39 is 0 Å². The molecule has 2 aliphatic heterocycles. The van der Waals surface area contributed by atoms with Crippen LogP contribution in [0.15, 0.2) is 48.5 Å². The Hall–Kier alpha value is -3.26. The number of hydrogen-bond acceptors (Lipinski definition) is 4. The molecule has 174 valence electrons. The fourth-order valence-electron chi connectivity index (χ4n) is 4.33. The smallest absolute Gasteiger partial charge is 0.251 e. The lowest BCUT2D eigenvalue weighted by Gasteiger charge is -2.22. The highest BCUT2D eigenvalue weighted by Crippen LogP contribution is 2.21. The summed E-state index contributed by atoms with van der Waals surface area (Å²) in [5.74, 6) is -0.561. The van der Waals surface area contributed by atoms with E-state index in [2.05, 4.69) is 10.2 Å². The van der Waals surface area contributed by atoms with Crippen LogP contribution in [-0.2, 0) is 16.1 Å². The van der Waals surface area contributed by atoms with Crippen molar-refractivity contribution in [3.05, 3.63) is 65.5 Å². The van der Waals surface area contributed by atoms with Gasteiger partial charge in [-0.3, -0.25) is 19.3 Å². The number of rotatable bonds is 6. The molecule has 2 aromatic carbocycles. The van der Waals surface area contributed by atoms with Gasteiger partial charge in [0, 0.05) is 62.5 Å². The Morgan fingerprint density at radius 3 is 2.42 bits per heavy atom. The minimum absolute atomic E-state index is 0.0709. The average molecular weight is 453 g/mol. The first-order chi connectivity index (χ1) is 16.0. The summed E-state index contributed by atoms with van der Waals surface area (Å²) in [4.78, 5) is 42.6. The van der Waals surface area contributed by atoms with Crippen molar-refractivity contribution >= 4 is 23.4 Å². The van der Waals surface area contributed by atoms with Crippen LogP contribution in [-0.4, -0.2) is 66.8 Å². The van der Waals surface area contributed by atoms with Crippen molar-refractivity contribution in [3.63, 3.8) is 0 Å². The van der Waals surface area contributed by atoms with Gasteiger partial charge in [0.2, 0.25) is 11.8 Å². The van der Waals surface area contributed by atoms with E-state index in [9.17, 15) is 18.8 Å². The Labute approximate surface area is 193 Å². The summed E-state index contributed by atoms with van der Waals surface area (Å²) < 4.78 is 13.9. The van der Waals surface area contributed by atoms with E-state index in [-0.39, 0.29) is 30.1 Å². The van der Waals surface area contributed by atoms with Gasteiger partial charge in [-0.25, -0.2) is 4.39 Å². The van der Waals surface area contributed by atoms with Gasteiger partial charge in [-0.1, -0.05) is 18.2 Å². The molecule has 3 amide bonds. The molecule has 0 saturated carbocycles. The van der Waals surface area contributed by atoms with Crippen molar-refractivity contribution in [1.82, 2.24) is 15.1 Å². The molecule has 0 spiro atoms. The van der Waals surface area contributed by atoms with Crippen LogP contribution < -0.4 is 10.2 Å². The third kappa shape index (κ3) is 5.76. The molecule has 0 aliphatic carbocycles. The maximum absolute atomic E-state index is 13.9. The largest absolute Gasteiger partial charge is 0.343 e. The zero-order valence-corrected chi connectivity index (χ0v) is 18.6. The maximum Gasteiger partial charge on any atom is 0.251 e. The first kappa shape index (κ1) is 22.9. The van der Waals surface area contributed by atoms with E-state index in [1.165, 1.54) is 6.07 Å². The Morgan fingerprint density at radius 1 is 0.909 bits per heavy atom. The SMILES string of the molecule is O=C(NCC(=O)N1CCCN(Cc2ccccc2F)CC1)c1ccc(N2CCCC2=O)cc1. The van der Waals surface area contributed by atoms with E-state index in [1.54, 1.807) is 46.2 Å². The van der Waals surface area contributed by atoms with Crippen LogP contribution in [0.3, 0.4) is 0 Å². The van der Waals surface area contributed by atoms with E-state index in [4.69, 9.17) is 0 Å². The summed E-state index contributed by atoms with van der Waals surface area (Å²) in [7, 11) is 0. The second-order valence-electron chi connectivity index (χ2n) is 8.48. The van der Waals surface area contributed by atoms with Crippen molar-refractivity contribution in [1.29, 1.82) is 0 Å². The van der Waals surface area contributed by atoms with Crippen molar-refractivity contribution < 1.29 is 18.8 Å². The topological polar surface area (TPSA) is 73.0 Å². The molecule has 2 fully saturated rings. The number of anilines is 1. The Morgan fingerprint density at radius 2 is 1.70 bits per heavy atom. The lowest BCUT2D eigenvalue weighted by molar-refractivity contribution is -0.130. The zero-order chi connectivity index (χ0) is 23.2. The van der Waals surface area contributed by atoms with Gasteiger partial charge in [-0.2, -0.15) is 0 Å². The molecule has 4 rings (SSSR count). The predicted octanol–water partition coefficient (Wildman–Crippen LogP) is 2.42. The van der Waals surface area contributed by atoms with E-state index in [0.29, 0.717) is 50.3 Å². The molecule has 7 nitrogen and oxygen atoms in total. The van der Waals surface area contributed by atoms with Crippen molar-refractivity contribution in [2.24, 2.45) is 0 Å². The minimum atomic E-state index is -0.321. The standard InChI is InChI=1S/C25H29FN4O3/c26-22-6-2-1-5-20(22)18-28-12-4-13-29(16-15-28)24(32)17-27-25(33)19-8-10-21(11-9-19)30-14-3-7-23(30)31/h1-2,5-6,8-11H,3-4,7,12-18H2,(H,27,33). The Balaban J connectivity index is 1.25. The Bertz CT molecular complexity index is 1010. The van der Waals surface area contributed by atoms with Crippen LogP contribution in [0.25, 0.3) is 0 Å². The molecule has 2 heterocycles. The molecular weight excluding hydrogens is 423 g/mol. The molecule has 2 saturated heterocycles. The van der Waals surface area contributed by atoms with Crippen LogP contribution in [0, 0.1) is 5.82 Å². The van der Waals surface area contributed by atoms with Gasteiger partial charge >= 0.3 is 0 Å². The van der Waals surface area contributed by atoms with Gasteiger partial charge in [0.15, 0.2) is 0 Å². The minimum Gasteiger partial charge on any atom is -0.343 e. The molecule has 0 atom stereocenters. The zero-order valence-electron chi connectivity index (χ0n) is 18.6. The van der Waals surface area contributed by atoms with Gasteiger partial charge in [0.05, 0.1) is 6.54 Å². The number of halogens is 1. The highest BCUT2D eigenvalue weighted by Gasteiger charge is 2.22. The second-order valence-corrected chi connectivity index (χ2v) is 8.48. The van der Waals surface area contributed by atoms with Crippen LogP contribution >= 0.6 is 0 Å². The van der Waals surface area contributed by atoms with Gasteiger partial charge in [-0.15, -0.1) is 0 Å². The molecule has 33 heavy (non-hydrogen) atoms. The quantitative estimate of drug-likeness (QED) is 0.731. The van der Waals surface area contributed by atoms with E-state index in [0.717, 1.165) is 25.1 Å². The number of amides is 3. The summed E-state index contributed by atoms with van der Waals surface area (Å²) in [5, 5.41) is 2.70. The maximum atomic E-state index is 13.9. The molecule has 2 aliphatic rings. The number of nitrogens with zero attached hydrogens (tertiary/aromatic N) is 3. The number of carbonyl (C=O) groups excluding carboxylic acids is 3. The van der Waals surface area contributed by atoms with Crippen molar-refractivity contribution in [3.8, 4) is 0 Å². The van der Waals surface area contributed by atoms with Gasteiger partial charge < -0.3 is 15.1 Å². The highest BCUT2D eigenvalue weighted by atomic mass is 19.1. The first-order valence-corrected chi connectivity index (χ1v) is 11.4. The lowest BCUT2D eigenvalue weighted by Crippen LogP contribution is -2.42. The first-order valence-electron chi connectivity index (χ1n) is 11.4. The van der Waals surface area contributed by atoms with Crippen LogP contribution in [0.2, 0.25) is 0 Å². The molecule has 0 unspecified atom stereocenters. The highest BCUT2D eigenvalue weighted by molar-refractivity contribution is 5.98. The molecule has 8 heteroatoms. The number of benzene rings is 2.